The zero-order valence-corrected chi connectivity index (χ0v) is 9.84. The molecule has 0 N–H and O–H groups in total. The lowest BCUT2D eigenvalue weighted by molar-refractivity contribution is -0.389. The van der Waals surface area contributed by atoms with Gasteiger partial charge in [-0.1, -0.05) is 30.3 Å². The molecule has 0 unspecified atom stereocenters. The van der Waals surface area contributed by atoms with Gasteiger partial charge in [-0.2, -0.15) is 0 Å². The minimum atomic E-state index is -0.487. The molecule has 0 aliphatic heterocycles. The van der Waals surface area contributed by atoms with Crippen molar-refractivity contribution in [1.82, 2.24) is 9.55 Å². The fourth-order valence-electron chi connectivity index (χ4n) is 1.47. The number of imidazole rings is 1. The molecule has 90 valence electrons. The predicted molar refractivity (Wildman–Crippen MR) is 66.3 cm³/mol. The number of aromatic nitrogens is 2. The number of benzene rings is 1. The van der Waals surface area contributed by atoms with Crippen molar-refractivity contribution in [1.29, 1.82) is 0 Å². The lowest BCUT2D eigenvalue weighted by Gasteiger charge is -2.00. The van der Waals surface area contributed by atoms with Crippen LogP contribution in [-0.4, -0.2) is 14.5 Å². The van der Waals surface area contributed by atoms with Gasteiger partial charge in [-0.25, -0.2) is 0 Å². The SMILES string of the molecule is Cl.O=[N+]([O-])c1cn(CCc2ccccc2)cn1. The first-order chi connectivity index (χ1) is 7.75. The van der Waals surface area contributed by atoms with Gasteiger partial charge in [0.25, 0.3) is 0 Å². The van der Waals surface area contributed by atoms with Crippen LogP contribution in [0.4, 0.5) is 5.82 Å². The van der Waals surface area contributed by atoms with Crippen LogP contribution >= 0.6 is 12.4 Å². The fraction of sp³-hybridized carbons (Fsp3) is 0.182. The summed E-state index contributed by atoms with van der Waals surface area (Å²) in [4.78, 5) is 13.6. The summed E-state index contributed by atoms with van der Waals surface area (Å²) in [5.41, 5.74) is 1.21. The van der Waals surface area contributed by atoms with Crippen LogP contribution in [0.5, 0.6) is 0 Å². The number of halogens is 1. The van der Waals surface area contributed by atoms with Crippen molar-refractivity contribution in [2.45, 2.75) is 13.0 Å². The minimum absolute atomic E-state index is 0. The molecule has 1 heterocycles. The smallest absolute Gasteiger partial charge is 0.358 e. The van der Waals surface area contributed by atoms with Crippen molar-refractivity contribution >= 4 is 18.2 Å². The van der Waals surface area contributed by atoms with Crippen LogP contribution in [0, 0.1) is 10.1 Å². The molecule has 17 heavy (non-hydrogen) atoms. The van der Waals surface area contributed by atoms with E-state index in [9.17, 15) is 10.1 Å². The van der Waals surface area contributed by atoms with Crippen LogP contribution in [0.2, 0.25) is 0 Å². The van der Waals surface area contributed by atoms with Crippen molar-refractivity contribution in [3.8, 4) is 0 Å². The van der Waals surface area contributed by atoms with E-state index in [0.29, 0.717) is 6.54 Å². The monoisotopic (exact) mass is 253 g/mol. The van der Waals surface area contributed by atoms with Crippen molar-refractivity contribution in [3.63, 3.8) is 0 Å². The van der Waals surface area contributed by atoms with Crippen molar-refractivity contribution < 1.29 is 4.92 Å². The summed E-state index contributed by atoms with van der Waals surface area (Å²) in [5, 5.41) is 10.4. The minimum Gasteiger partial charge on any atom is -0.358 e. The second kappa shape index (κ2) is 6.00. The van der Waals surface area contributed by atoms with E-state index < -0.39 is 4.92 Å². The third-order valence-corrected chi connectivity index (χ3v) is 2.31. The molecule has 0 spiro atoms. The molecule has 5 nitrogen and oxygen atoms in total. The van der Waals surface area contributed by atoms with Gasteiger partial charge >= 0.3 is 5.82 Å². The van der Waals surface area contributed by atoms with Gasteiger partial charge in [0, 0.05) is 6.54 Å². The highest BCUT2D eigenvalue weighted by atomic mass is 35.5. The molecule has 0 amide bonds. The summed E-state index contributed by atoms with van der Waals surface area (Å²) in [7, 11) is 0. The summed E-state index contributed by atoms with van der Waals surface area (Å²) >= 11 is 0. The van der Waals surface area contributed by atoms with E-state index >= 15 is 0 Å². The van der Waals surface area contributed by atoms with Crippen molar-refractivity contribution in [2.24, 2.45) is 0 Å². The number of nitro groups is 1. The molecule has 6 heteroatoms. The lowest BCUT2D eigenvalue weighted by Crippen LogP contribution is -1.98. The van der Waals surface area contributed by atoms with Crippen LogP contribution in [0.15, 0.2) is 42.9 Å². The standard InChI is InChI=1S/C11H11N3O2.ClH/c15-14(16)11-8-13(9-12-11)7-6-10-4-2-1-3-5-10;/h1-5,8-9H,6-7H2;1H. The van der Waals surface area contributed by atoms with Crippen LogP contribution < -0.4 is 0 Å². The summed E-state index contributed by atoms with van der Waals surface area (Å²) in [6.45, 7) is 0.699. The molecule has 1 aromatic carbocycles. The highest BCUT2D eigenvalue weighted by Crippen LogP contribution is 2.07. The van der Waals surface area contributed by atoms with Gasteiger partial charge in [-0.05, 0) is 21.9 Å². The Morgan fingerprint density at radius 1 is 1.29 bits per heavy atom. The van der Waals surface area contributed by atoms with Gasteiger partial charge in [0.05, 0.1) is 0 Å². The second-order valence-corrected chi connectivity index (χ2v) is 3.46. The van der Waals surface area contributed by atoms with Crippen LogP contribution in [0.1, 0.15) is 5.56 Å². The number of hydrogen-bond acceptors (Lipinski definition) is 3. The van der Waals surface area contributed by atoms with Crippen LogP contribution in [0.25, 0.3) is 0 Å². The Hall–Kier alpha value is -1.88. The molecule has 1 aromatic heterocycles. The Morgan fingerprint density at radius 2 is 2.00 bits per heavy atom. The van der Waals surface area contributed by atoms with E-state index in [2.05, 4.69) is 4.98 Å². The quantitative estimate of drug-likeness (QED) is 0.621. The Kier molecular flexibility index (Phi) is 4.66. The largest absolute Gasteiger partial charge is 0.381 e. The van der Waals surface area contributed by atoms with Gasteiger partial charge in [-0.3, -0.25) is 0 Å². The normalized spacial score (nSPS) is 9.65. The maximum atomic E-state index is 10.4. The van der Waals surface area contributed by atoms with Crippen molar-refractivity contribution in [3.05, 3.63) is 58.5 Å². The molecule has 0 aliphatic carbocycles. The van der Waals surface area contributed by atoms with Gasteiger partial charge in [0.1, 0.15) is 6.20 Å². The van der Waals surface area contributed by atoms with Crippen LogP contribution in [-0.2, 0) is 13.0 Å². The third kappa shape index (κ3) is 3.57. The molecule has 2 aromatic rings. The maximum Gasteiger partial charge on any atom is 0.381 e. The highest BCUT2D eigenvalue weighted by molar-refractivity contribution is 5.85. The summed E-state index contributed by atoms with van der Waals surface area (Å²) in [6, 6.07) is 9.99. The summed E-state index contributed by atoms with van der Waals surface area (Å²) in [6.07, 6.45) is 3.78. The fourth-order valence-corrected chi connectivity index (χ4v) is 1.47. The Labute approximate surface area is 105 Å². The summed E-state index contributed by atoms with van der Waals surface area (Å²) < 4.78 is 1.73. The molecular formula is C11H12ClN3O2. The molecule has 0 saturated carbocycles. The number of hydrogen-bond donors (Lipinski definition) is 0. The van der Waals surface area contributed by atoms with Gasteiger partial charge in [0.2, 0.25) is 6.33 Å². The van der Waals surface area contributed by atoms with E-state index in [1.165, 1.54) is 18.1 Å². The Morgan fingerprint density at radius 3 is 2.59 bits per heavy atom. The highest BCUT2D eigenvalue weighted by Gasteiger charge is 2.08. The van der Waals surface area contributed by atoms with Crippen molar-refractivity contribution in [2.75, 3.05) is 0 Å². The van der Waals surface area contributed by atoms with Gasteiger partial charge in [-0.15, -0.1) is 12.4 Å². The molecule has 0 atom stereocenters. The zero-order chi connectivity index (χ0) is 11.4. The first-order valence-corrected chi connectivity index (χ1v) is 4.96. The zero-order valence-electron chi connectivity index (χ0n) is 9.02. The molecule has 0 aliphatic rings. The number of nitrogens with zero attached hydrogens (tertiary/aromatic N) is 3. The van der Waals surface area contributed by atoms with E-state index in [-0.39, 0.29) is 18.2 Å². The van der Waals surface area contributed by atoms with Gasteiger partial charge < -0.3 is 14.7 Å². The first kappa shape index (κ1) is 13.2. The maximum absolute atomic E-state index is 10.4. The number of rotatable bonds is 4. The average molecular weight is 254 g/mol. The van der Waals surface area contributed by atoms with Gasteiger partial charge in [0.15, 0.2) is 0 Å². The Balaban J connectivity index is 0.00000144. The molecular weight excluding hydrogens is 242 g/mol. The predicted octanol–water partition coefficient (Wildman–Crippen LogP) is 2.46. The first-order valence-electron chi connectivity index (χ1n) is 4.96. The Bertz CT molecular complexity index is 484. The second-order valence-electron chi connectivity index (χ2n) is 3.46. The summed E-state index contributed by atoms with van der Waals surface area (Å²) in [5.74, 6) is -0.104. The molecule has 2 rings (SSSR count). The molecule has 0 saturated heterocycles. The third-order valence-electron chi connectivity index (χ3n) is 2.31. The molecule has 0 radical (unpaired) electrons. The van der Waals surface area contributed by atoms with E-state index in [0.717, 1.165) is 6.42 Å². The average Bonchev–Trinajstić information content (AvgIpc) is 2.76. The lowest BCUT2D eigenvalue weighted by atomic mass is 10.1. The van der Waals surface area contributed by atoms with E-state index in [4.69, 9.17) is 0 Å². The van der Waals surface area contributed by atoms with Crippen LogP contribution in [0.3, 0.4) is 0 Å². The molecule has 0 fully saturated rings. The van der Waals surface area contributed by atoms with E-state index in [1.54, 1.807) is 4.57 Å². The van der Waals surface area contributed by atoms with E-state index in [1.807, 2.05) is 30.3 Å². The molecule has 0 bridgehead atoms. The topological polar surface area (TPSA) is 61.0 Å². The number of aryl methyl sites for hydroxylation is 2.